The number of esters is 4. The second-order valence-corrected chi connectivity index (χ2v) is 30.6. The monoisotopic (exact) mass is 1390 g/mol. The fraction of sp³-hybridized carbons (Fsp3) is 0.895. The third kappa shape index (κ3) is 69.8. The third-order valence-corrected chi connectivity index (χ3v) is 19.0. The molecule has 0 rings (SSSR count). The number of carbonyl (C=O) groups excluding carboxylic acids is 4. The van der Waals surface area contributed by atoms with Gasteiger partial charge in [0.15, 0.2) is 12.2 Å². The number of phosphoric acid groups is 2. The zero-order valence-electron chi connectivity index (χ0n) is 61.5. The van der Waals surface area contributed by atoms with Gasteiger partial charge in [0.1, 0.15) is 19.3 Å². The minimum atomic E-state index is -4.96. The lowest BCUT2D eigenvalue weighted by atomic mass is 10.0. The molecule has 0 aromatic heterocycles. The van der Waals surface area contributed by atoms with Crippen molar-refractivity contribution in [2.24, 2.45) is 11.8 Å². The molecule has 0 spiro atoms. The number of carbonyl (C=O) groups is 4. The second kappa shape index (κ2) is 67.4. The van der Waals surface area contributed by atoms with Crippen LogP contribution in [0.15, 0.2) is 24.3 Å². The third-order valence-electron chi connectivity index (χ3n) is 17.1. The highest BCUT2D eigenvalue weighted by molar-refractivity contribution is 7.47. The fourth-order valence-corrected chi connectivity index (χ4v) is 12.7. The normalized spacial score (nSPS) is 14.2. The number of aliphatic hydroxyl groups excluding tert-OH is 1. The highest BCUT2D eigenvalue weighted by atomic mass is 31.2. The average Bonchev–Trinajstić information content (AvgIpc) is 1.84. The molecule has 0 heterocycles. The molecule has 19 heteroatoms. The maximum atomic E-state index is 13.1. The molecule has 3 N–H and O–H groups in total. The molecule has 5 atom stereocenters. The van der Waals surface area contributed by atoms with Gasteiger partial charge >= 0.3 is 39.5 Å². The fourth-order valence-electron chi connectivity index (χ4n) is 11.1. The zero-order valence-corrected chi connectivity index (χ0v) is 63.2. The van der Waals surface area contributed by atoms with Crippen LogP contribution in [-0.4, -0.2) is 96.7 Å². The van der Waals surface area contributed by atoms with Gasteiger partial charge in [-0.1, -0.05) is 316 Å². The summed E-state index contributed by atoms with van der Waals surface area (Å²) in [4.78, 5) is 72.7. The van der Waals surface area contributed by atoms with Gasteiger partial charge < -0.3 is 33.8 Å². The van der Waals surface area contributed by atoms with Crippen LogP contribution in [0.25, 0.3) is 0 Å². The zero-order chi connectivity index (χ0) is 70.0. The molecular formula is C76H144O17P2. The Hall–Kier alpha value is -2.46. The van der Waals surface area contributed by atoms with E-state index in [1.807, 2.05) is 0 Å². The van der Waals surface area contributed by atoms with E-state index in [9.17, 15) is 43.2 Å². The Balaban J connectivity index is 5.27. The summed E-state index contributed by atoms with van der Waals surface area (Å²) < 4.78 is 68.4. The van der Waals surface area contributed by atoms with E-state index in [0.717, 1.165) is 121 Å². The van der Waals surface area contributed by atoms with Crippen molar-refractivity contribution >= 4 is 39.5 Å². The van der Waals surface area contributed by atoms with Crippen LogP contribution in [0.4, 0.5) is 0 Å². The summed E-state index contributed by atoms with van der Waals surface area (Å²) in [5.74, 6) is -0.721. The van der Waals surface area contributed by atoms with E-state index < -0.39 is 97.5 Å². The van der Waals surface area contributed by atoms with Gasteiger partial charge in [-0.05, 0) is 63.2 Å². The SMILES string of the molecule is CCCCCC/C=C\C=C/CCCCCCCC(=O)OC[C@H](COP(=O)(O)OC[C@@H](O)COP(=O)(O)OC[C@@H](COC(=O)CCCCCCCCC(C)C)OC(=O)CCCCCCCCCCCCC(C)C)OC(=O)CCCCCCCCCCCCCCCCCCCC. The van der Waals surface area contributed by atoms with Crippen molar-refractivity contribution < 1.29 is 80.2 Å². The molecule has 0 fully saturated rings. The van der Waals surface area contributed by atoms with Crippen molar-refractivity contribution in [3.63, 3.8) is 0 Å². The Kier molecular flexibility index (Phi) is 65.6. The number of unbranched alkanes of at least 4 members (excludes halogenated alkanes) is 40. The molecule has 560 valence electrons. The molecule has 95 heavy (non-hydrogen) atoms. The van der Waals surface area contributed by atoms with Crippen LogP contribution in [0.1, 0.15) is 369 Å². The van der Waals surface area contributed by atoms with E-state index in [0.29, 0.717) is 31.6 Å². The first-order chi connectivity index (χ1) is 45.9. The van der Waals surface area contributed by atoms with Crippen molar-refractivity contribution in [3.05, 3.63) is 24.3 Å². The molecule has 0 bridgehead atoms. The Morgan fingerprint density at radius 1 is 0.326 bits per heavy atom. The van der Waals surface area contributed by atoms with Crippen LogP contribution in [-0.2, 0) is 65.4 Å². The van der Waals surface area contributed by atoms with Crippen molar-refractivity contribution in [2.75, 3.05) is 39.6 Å². The van der Waals surface area contributed by atoms with Crippen LogP contribution in [0, 0.1) is 11.8 Å². The minimum Gasteiger partial charge on any atom is -0.462 e. The molecule has 17 nitrogen and oxygen atoms in total. The number of hydrogen-bond donors (Lipinski definition) is 3. The van der Waals surface area contributed by atoms with Gasteiger partial charge in [-0.15, -0.1) is 0 Å². The van der Waals surface area contributed by atoms with Crippen LogP contribution in [0.5, 0.6) is 0 Å². The standard InChI is InChI=1S/C76H144O17P2/c1-7-9-11-13-15-17-19-21-23-24-25-27-29-31-36-40-48-54-60-75(80)92-71(64-86-73(78)58-52-46-39-35-30-28-26-22-20-18-16-14-12-10-8-2)66-90-94(82,83)88-62-70(77)63-89-95(84,85)91-67-72(65-87-74(79)59-53-47-43-42-45-51-57-69(5)6)93-76(81)61-55-49-41-37-33-32-34-38-44-50-56-68(3)4/h18,20,22,26,68-72,77H,7-17,19,21,23-25,27-67H2,1-6H3,(H,82,83)(H,84,85)/b20-18-,26-22-/t70-,71-,72-/m1/s1. The summed E-state index contributed by atoms with van der Waals surface area (Å²) in [6.07, 6.45) is 57.9. The number of hydrogen-bond acceptors (Lipinski definition) is 15. The molecule has 0 aromatic rings. The van der Waals surface area contributed by atoms with E-state index in [-0.39, 0.29) is 25.7 Å². The number of phosphoric ester groups is 2. The molecule has 0 aliphatic rings. The first-order valence-electron chi connectivity index (χ1n) is 38.8. The summed E-state index contributed by atoms with van der Waals surface area (Å²) >= 11 is 0. The first-order valence-corrected chi connectivity index (χ1v) is 41.8. The predicted octanol–water partition coefficient (Wildman–Crippen LogP) is 21.9. The van der Waals surface area contributed by atoms with Gasteiger partial charge in [0.25, 0.3) is 0 Å². The van der Waals surface area contributed by atoms with Crippen molar-refractivity contribution in [1.29, 1.82) is 0 Å². The van der Waals surface area contributed by atoms with Gasteiger partial charge in [-0.3, -0.25) is 37.3 Å². The Bertz CT molecular complexity index is 1930. The molecule has 0 saturated heterocycles. The van der Waals surface area contributed by atoms with Crippen LogP contribution < -0.4 is 0 Å². The molecular weight excluding hydrogens is 1250 g/mol. The molecule has 0 saturated carbocycles. The van der Waals surface area contributed by atoms with Gasteiger partial charge in [-0.25, -0.2) is 9.13 Å². The number of aliphatic hydroxyl groups is 1. The predicted molar refractivity (Wildman–Crippen MR) is 386 cm³/mol. The quantitative estimate of drug-likeness (QED) is 0.0169. The lowest BCUT2D eigenvalue weighted by molar-refractivity contribution is -0.161. The van der Waals surface area contributed by atoms with Gasteiger partial charge in [0, 0.05) is 25.7 Å². The molecule has 0 amide bonds. The van der Waals surface area contributed by atoms with Gasteiger partial charge in [0.05, 0.1) is 26.4 Å². The summed E-state index contributed by atoms with van der Waals surface area (Å²) in [7, 11) is -9.92. The highest BCUT2D eigenvalue weighted by Gasteiger charge is 2.30. The second-order valence-electron chi connectivity index (χ2n) is 27.7. The summed E-state index contributed by atoms with van der Waals surface area (Å²) in [6, 6.07) is 0. The van der Waals surface area contributed by atoms with E-state index >= 15 is 0 Å². The van der Waals surface area contributed by atoms with E-state index in [4.69, 9.17) is 37.0 Å². The Morgan fingerprint density at radius 3 is 0.863 bits per heavy atom. The molecule has 0 aliphatic carbocycles. The molecule has 0 radical (unpaired) electrons. The smallest absolute Gasteiger partial charge is 0.462 e. The molecule has 0 aliphatic heterocycles. The van der Waals surface area contributed by atoms with Crippen LogP contribution in [0.2, 0.25) is 0 Å². The largest absolute Gasteiger partial charge is 0.472 e. The summed E-state index contributed by atoms with van der Waals surface area (Å²) in [5.41, 5.74) is 0. The Labute approximate surface area is 580 Å². The minimum absolute atomic E-state index is 0.101. The van der Waals surface area contributed by atoms with E-state index in [1.165, 1.54) is 161 Å². The van der Waals surface area contributed by atoms with Crippen LogP contribution in [0.3, 0.4) is 0 Å². The Morgan fingerprint density at radius 2 is 0.568 bits per heavy atom. The molecule has 0 aromatic carbocycles. The van der Waals surface area contributed by atoms with Crippen LogP contribution >= 0.6 is 15.6 Å². The lowest BCUT2D eigenvalue weighted by Gasteiger charge is -2.21. The van der Waals surface area contributed by atoms with Crippen molar-refractivity contribution in [2.45, 2.75) is 387 Å². The average molecular weight is 1390 g/mol. The van der Waals surface area contributed by atoms with Crippen molar-refractivity contribution in [3.8, 4) is 0 Å². The summed E-state index contributed by atoms with van der Waals surface area (Å²) in [6.45, 7) is 9.43. The van der Waals surface area contributed by atoms with E-state index in [2.05, 4.69) is 65.8 Å². The topological polar surface area (TPSA) is 237 Å². The van der Waals surface area contributed by atoms with E-state index in [1.54, 1.807) is 0 Å². The van der Waals surface area contributed by atoms with Gasteiger partial charge in [0.2, 0.25) is 0 Å². The molecule has 2 unspecified atom stereocenters. The van der Waals surface area contributed by atoms with Crippen molar-refractivity contribution in [1.82, 2.24) is 0 Å². The van der Waals surface area contributed by atoms with Gasteiger partial charge in [-0.2, -0.15) is 0 Å². The number of ether oxygens (including phenoxy) is 4. The first kappa shape index (κ1) is 92.5. The maximum Gasteiger partial charge on any atom is 0.472 e. The number of allylic oxidation sites excluding steroid dienone is 4. The summed E-state index contributed by atoms with van der Waals surface area (Å²) in [5, 5.41) is 10.6. The maximum absolute atomic E-state index is 13.1. The highest BCUT2D eigenvalue weighted by Crippen LogP contribution is 2.45. The number of rotatable bonds is 73. The lowest BCUT2D eigenvalue weighted by Crippen LogP contribution is -2.30.